The molecule has 1 saturated heterocycles. The van der Waals surface area contributed by atoms with Crippen LogP contribution in [0.15, 0.2) is 79.4 Å². The van der Waals surface area contributed by atoms with Gasteiger partial charge in [0.2, 0.25) is 0 Å². The summed E-state index contributed by atoms with van der Waals surface area (Å²) in [4.78, 5) is 6.76. The third-order valence-corrected chi connectivity index (χ3v) is 8.41. The molecule has 40 heavy (non-hydrogen) atoms. The number of aromatic hydroxyl groups is 1. The van der Waals surface area contributed by atoms with Gasteiger partial charge in [-0.15, -0.1) is 0 Å². The number of phenols is 1. The van der Waals surface area contributed by atoms with Crippen LogP contribution in [0.1, 0.15) is 55.5 Å². The van der Waals surface area contributed by atoms with Crippen LogP contribution < -0.4 is 9.47 Å². The lowest BCUT2D eigenvalue weighted by atomic mass is 9.84. The minimum Gasteiger partial charge on any atom is -0.508 e. The van der Waals surface area contributed by atoms with E-state index in [0.717, 1.165) is 69.6 Å². The van der Waals surface area contributed by atoms with Gasteiger partial charge in [-0.2, -0.15) is 0 Å². The van der Waals surface area contributed by atoms with Crippen molar-refractivity contribution in [2.75, 3.05) is 19.7 Å². The molecule has 0 saturated carbocycles. The number of nitrogens with zero attached hydrogens (tertiary/aromatic N) is 3. The third kappa shape index (κ3) is 5.00. The number of fused-ring (bicyclic) bond motifs is 1. The summed E-state index contributed by atoms with van der Waals surface area (Å²) >= 11 is 0. The van der Waals surface area contributed by atoms with Gasteiger partial charge < -0.3 is 19.1 Å². The maximum absolute atomic E-state index is 10.3. The molecular formula is C34H37N3O3. The number of aromatic nitrogens is 2. The number of imidazole rings is 1. The lowest BCUT2D eigenvalue weighted by molar-refractivity contribution is 0.169. The molecule has 0 amide bonds. The molecule has 2 aliphatic heterocycles. The molecule has 6 nitrogen and oxygen atoms in total. The number of hydrogen-bond acceptors (Lipinski definition) is 5. The van der Waals surface area contributed by atoms with Gasteiger partial charge in [0.1, 0.15) is 30.0 Å². The van der Waals surface area contributed by atoms with E-state index in [1.807, 2.05) is 35.3 Å². The first-order chi connectivity index (χ1) is 19.4. The quantitative estimate of drug-likeness (QED) is 0.275. The van der Waals surface area contributed by atoms with E-state index in [4.69, 9.17) is 9.47 Å². The van der Waals surface area contributed by atoms with Crippen molar-refractivity contribution in [2.45, 2.75) is 46.3 Å². The molecule has 1 N–H and O–H groups in total. The van der Waals surface area contributed by atoms with Crippen molar-refractivity contribution < 1.29 is 14.6 Å². The average Bonchev–Trinajstić information content (AvgIpc) is 3.65. The smallest absolute Gasteiger partial charge is 0.150 e. The van der Waals surface area contributed by atoms with Crippen molar-refractivity contribution in [1.29, 1.82) is 0 Å². The fourth-order valence-corrected chi connectivity index (χ4v) is 6.05. The summed E-state index contributed by atoms with van der Waals surface area (Å²) in [7, 11) is 0. The Hall–Kier alpha value is -4.03. The second-order valence-electron chi connectivity index (χ2n) is 11.3. The Morgan fingerprint density at radius 1 is 1.07 bits per heavy atom. The molecular weight excluding hydrogens is 498 g/mol. The Morgan fingerprint density at radius 2 is 1.90 bits per heavy atom. The summed E-state index contributed by atoms with van der Waals surface area (Å²) in [5.41, 5.74) is 7.44. The molecule has 0 radical (unpaired) electrons. The number of allylic oxidation sites excluding steroid dienone is 1. The molecule has 6 rings (SSSR count). The molecule has 1 aromatic heterocycles. The van der Waals surface area contributed by atoms with E-state index in [-0.39, 0.29) is 11.9 Å². The van der Waals surface area contributed by atoms with Crippen LogP contribution in [0, 0.1) is 12.8 Å². The molecule has 6 heteroatoms. The molecule has 206 valence electrons. The van der Waals surface area contributed by atoms with E-state index in [2.05, 4.69) is 67.9 Å². The highest BCUT2D eigenvalue weighted by Gasteiger charge is 2.31. The number of phenolic OH excluding ortho intramolecular Hbond substituents is 1. The molecule has 1 unspecified atom stereocenters. The summed E-state index contributed by atoms with van der Waals surface area (Å²) in [5, 5.41) is 10.3. The van der Waals surface area contributed by atoms with E-state index >= 15 is 0 Å². The lowest BCUT2D eigenvalue weighted by Gasteiger charge is -2.32. The third-order valence-electron chi connectivity index (χ3n) is 8.41. The van der Waals surface area contributed by atoms with Crippen LogP contribution in [0.2, 0.25) is 0 Å². The monoisotopic (exact) mass is 535 g/mol. The molecule has 3 heterocycles. The van der Waals surface area contributed by atoms with E-state index in [9.17, 15) is 5.11 Å². The molecule has 3 atom stereocenters. The SMILES string of the molecule is CC1=C(c2cccc(-n3ccnc3)c2C)C(c2ccc(OC[C@H](C)N3CC[C@@H](C)C3)cc2)Oc2ccc(O)cc21. The zero-order valence-corrected chi connectivity index (χ0v) is 23.7. The summed E-state index contributed by atoms with van der Waals surface area (Å²) < 4.78 is 14.9. The minimum atomic E-state index is -0.312. The van der Waals surface area contributed by atoms with Crippen molar-refractivity contribution in [3.63, 3.8) is 0 Å². The zero-order valence-electron chi connectivity index (χ0n) is 23.7. The first-order valence-electron chi connectivity index (χ1n) is 14.1. The van der Waals surface area contributed by atoms with Gasteiger partial charge in [-0.1, -0.05) is 31.2 Å². The molecule has 2 aliphatic rings. The number of ether oxygens (including phenoxy) is 2. The van der Waals surface area contributed by atoms with Gasteiger partial charge in [0.25, 0.3) is 0 Å². The summed E-state index contributed by atoms with van der Waals surface area (Å²) in [5.74, 6) is 2.62. The summed E-state index contributed by atoms with van der Waals surface area (Å²) in [6.07, 6.45) is 6.52. The van der Waals surface area contributed by atoms with Gasteiger partial charge in [-0.05, 0) is 98.3 Å². The zero-order chi connectivity index (χ0) is 27.8. The fourth-order valence-electron chi connectivity index (χ4n) is 6.05. The second kappa shape index (κ2) is 10.9. The normalized spacial score (nSPS) is 19.8. The van der Waals surface area contributed by atoms with Crippen LogP contribution in [-0.2, 0) is 0 Å². The number of rotatable bonds is 7. The predicted octanol–water partition coefficient (Wildman–Crippen LogP) is 7.06. The van der Waals surface area contributed by atoms with Gasteiger partial charge in [0.15, 0.2) is 0 Å². The average molecular weight is 536 g/mol. The highest BCUT2D eigenvalue weighted by Crippen LogP contribution is 2.48. The fraction of sp³-hybridized carbons (Fsp3) is 0.324. The largest absolute Gasteiger partial charge is 0.508 e. The number of hydrogen-bond donors (Lipinski definition) is 1. The predicted molar refractivity (Wildman–Crippen MR) is 159 cm³/mol. The van der Waals surface area contributed by atoms with E-state index in [0.29, 0.717) is 12.6 Å². The van der Waals surface area contributed by atoms with Crippen LogP contribution in [0.4, 0.5) is 0 Å². The maximum atomic E-state index is 10.3. The van der Waals surface area contributed by atoms with Gasteiger partial charge in [0, 0.05) is 41.8 Å². The maximum Gasteiger partial charge on any atom is 0.150 e. The van der Waals surface area contributed by atoms with Gasteiger partial charge in [-0.3, -0.25) is 4.90 Å². The van der Waals surface area contributed by atoms with Crippen molar-refractivity contribution in [1.82, 2.24) is 14.5 Å². The van der Waals surface area contributed by atoms with Crippen LogP contribution in [0.5, 0.6) is 17.2 Å². The Bertz CT molecular complexity index is 1520. The minimum absolute atomic E-state index is 0.225. The van der Waals surface area contributed by atoms with Crippen molar-refractivity contribution >= 4 is 11.1 Å². The first kappa shape index (κ1) is 26.2. The van der Waals surface area contributed by atoms with Crippen LogP contribution in [-0.4, -0.2) is 45.3 Å². The summed E-state index contributed by atoms with van der Waals surface area (Å²) in [6.45, 7) is 11.8. The topological polar surface area (TPSA) is 59.8 Å². The Balaban J connectivity index is 1.33. The first-order valence-corrected chi connectivity index (χ1v) is 14.1. The van der Waals surface area contributed by atoms with Crippen molar-refractivity contribution in [3.05, 3.63) is 102 Å². The molecule has 0 spiro atoms. The van der Waals surface area contributed by atoms with E-state index < -0.39 is 0 Å². The van der Waals surface area contributed by atoms with Gasteiger partial charge in [0.05, 0.1) is 6.33 Å². The summed E-state index contributed by atoms with van der Waals surface area (Å²) in [6, 6.07) is 20.3. The van der Waals surface area contributed by atoms with Crippen LogP contribution >= 0.6 is 0 Å². The molecule has 4 aromatic rings. The van der Waals surface area contributed by atoms with Crippen LogP contribution in [0.25, 0.3) is 16.8 Å². The standard InChI is InChI=1S/C34H37N3O3/c1-22-14-16-36(19-22)23(2)20-39-28-11-8-26(9-12-28)34-33(25(4)30-18-27(38)10-13-32(30)40-34)29-6-5-7-31(24(29)3)37-17-15-35-21-37/h5-13,15,17-18,21-23,34,38H,14,16,19-20H2,1-4H3/t22-,23+,34?/m1/s1. The van der Waals surface area contributed by atoms with Crippen LogP contribution in [0.3, 0.4) is 0 Å². The molecule has 0 bridgehead atoms. The second-order valence-corrected chi connectivity index (χ2v) is 11.3. The molecule has 0 aliphatic carbocycles. The lowest BCUT2D eigenvalue weighted by Crippen LogP contribution is -2.35. The number of likely N-dealkylation sites (tertiary alicyclic amines) is 1. The van der Waals surface area contributed by atoms with E-state index in [1.165, 1.54) is 6.42 Å². The Morgan fingerprint density at radius 3 is 2.62 bits per heavy atom. The van der Waals surface area contributed by atoms with Crippen molar-refractivity contribution in [3.8, 4) is 22.9 Å². The Labute approximate surface area is 236 Å². The highest BCUT2D eigenvalue weighted by atomic mass is 16.5. The molecule has 3 aromatic carbocycles. The van der Waals surface area contributed by atoms with Gasteiger partial charge >= 0.3 is 0 Å². The molecule has 1 fully saturated rings. The highest BCUT2D eigenvalue weighted by molar-refractivity contribution is 5.96. The number of benzene rings is 3. The van der Waals surface area contributed by atoms with Crippen molar-refractivity contribution in [2.24, 2.45) is 5.92 Å². The van der Waals surface area contributed by atoms with E-state index in [1.54, 1.807) is 18.3 Å². The van der Waals surface area contributed by atoms with Gasteiger partial charge in [-0.25, -0.2) is 4.98 Å². The Kier molecular flexibility index (Phi) is 7.11.